The zero-order valence-electron chi connectivity index (χ0n) is 9.66. The predicted molar refractivity (Wildman–Crippen MR) is 63.8 cm³/mol. The molecule has 0 aromatic heterocycles. The largest absolute Gasteiger partial charge is 0.319 e. The van der Waals surface area contributed by atoms with E-state index in [2.05, 4.69) is 5.32 Å². The molecule has 1 rings (SSSR count). The second-order valence-corrected chi connectivity index (χ2v) is 4.77. The third kappa shape index (κ3) is 4.19. The summed E-state index contributed by atoms with van der Waals surface area (Å²) < 4.78 is 62.6. The van der Waals surface area contributed by atoms with E-state index in [4.69, 9.17) is 23.2 Å². The first-order valence-corrected chi connectivity index (χ1v) is 5.94. The van der Waals surface area contributed by atoms with Crippen molar-refractivity contribution in [3.05, 3.63) is 33.6 Å². The van der Waals surface area contributed by atoms with Crippen molar-refractivity contribution in [1.82, 2.24) is 5.32 Å². The van der Waals surface area contributed by atoms with Gasteiger partial charge in [-0.25, -0.2) is 13.2 Å². The third-order valence-corrected chi connectivity index (χ3v) is 3.09. The number of alkyl halides is 4. The fourth-order valence-electron chi connectivity index (χ4n) is 1.35. The highest BCUT2D eigenvalue weighted by Crippen LogP contribution is 2.29. The van der Waals surface area contributed by atoms with Crippen molar-refractivity contribution in [2.45, 2.75) is 25.3 Å². The molecule has 0 aliphatic carbocycles. The van der Waals surface area contributed by atoms with Gasteiger partial charge in [0.15, 0.2) is 0 Å². The molecular weight excluding hydrogens is 312 g/mol. The van der Waals surface area contributed by atoms with Crippen LogP contribution in [0.1, 0.15) is 18.5 Å². The lowest BCUT2D eigenvalue weighted by Crippen LogP contribution is -2.39. The van der Waals surface area contributed by atoms with Crippen LogP contribution in [0.4, 0.5) is 22.0 Å². The van der Waals surface area contributed by atoms with Crippen LogP contribution in [0.5, 0.6) is 0 Å². The van der Waals surface area contributed by atoms with Crippen LogP contribution >= 0.6 is 23.2 Å². The molecule has 0 aliphatic heterocycles. The number of nitrogens with one attached hydrogen (secondary N) is 1. The van der Waals surface area contributed by atoms with Crippen molar-refractivity contribution in [3.63, 3.8) is 0 Å². The number of hydrogen-bond acceptors (Lipinski definition) is 1. The Labute approximate surface area is 116 Å². The van der Waals surface area contributed by atoms with Gasteiger partial charge in [-0.2, -0.15) is 8.78 Å². The molecule has 0 bridgehead atoms. The molecule has 0 saturated carbocycles. The second-order valence-electron chi connectivity index (χ2n) is 3.95. The monoisotopic (exact) mass is 321 g/mol. The summed E-state index contributed by atoms with van der Waals surface area (Å²) in [5, 5.41) is 2.04. The van der Waals surface area contributed by atoms with Gasteiger partial charge in [-0.1, -0.05) is 23.2 Å². The predicted octanol–water partition coefficient (Wildman–Crippen LogP) is 4.68. The van der Waals surface area contributed by atoms with Gasteiger partial charge < -0.3 is 5.32 Å². The maximum Gasteiger partial charge on any atom is 0.319 e. The Morgan fingerprint density at radius 2 is 1.79 bits per heavy atom. The molecule has 1 N–H and O–H groups in total. The summed E-state index contributed by atoms with van der Waals surface area (Å²) in [5.41, 5.74) is 0.161. The minimum atomic E-state index is -4.16. The lowest BCUT2D eigenvalue weighted by Gasteiger charge is -2.21. The molecule has 108 valence electrons. The molecule has 1 atom stereocenters. The third-order valence-electron chi connectivity index (χ3n) is 2.47. The van der Waals surface area contributed by atoms with Gasteiger partial charge in [0.05, 0.1) is 11.6 Å². The van der Waals surface area contributed by atoms with E-state index in [0.29, 0.717) is 0 Å². The maximum absolute atomic E-state index is 13.2. The molecule has 1 unspecified atom stereocenters. The molecule has 19 heavy (non-hydrogen) atoms. The van der Waals surface area contributed by atoms with Crippen LogP contribution < -0.4 is 5.32 Å². The SMILES string of the molecule is CC(NCC(F)(F)C(F)F)c1cc(F)c(Cl)cc1Cl. The van der Waals surface area contributed by atoms with Crippen LogP contribution in [0.15, 0.2) is 12.1 Å². The van der Waals surface area contributed by atoms with Gasteiger partial charge in [0, 0.05) is 11.1 Å². The van der Waals surface area contributed by atoms with Gasteiger partial charge >= 0.3 is 12.3 Å². The molecule has 1 nitrogen and oxygen atoms in total. The molecular formula is C11H10Cl2F5N. The number of hydrogen-bond donors (Lipinski definition) is 1. The van der Waals surface area contributed by atoms with Crippen LogP contribution in [-0.2, 0) is 0 Å². The van der Waals surface area contributed by atoms with Gasteiger partial charge in [0.2, 0.25) is 0 Å². The van der Waals surface area contributed by atoms with E-state index < -0.39 is 30.8 Å². The molecule has 0 heterocycles. The van der Waals surface area contributed by atoms with Gasteiger partial charge in [0.1, 0.15) is 5.82 Å². The second kappa shape index (κ2) is 6.24. The highest BCUT2D eigenvalue weighted by Gasteiger charge is 2.40. The first-order chi connectivity index (χ1) is 8.65. The van der Waals surface area contributed by atoms with E-state index in [1.807, 2.05) is 0 Å². The first-order valence-electron chi connectivity index (χ1n) is 5.19. The molecule has 0 saturated heterocycles. The Hall–Kier alpha value is -0.590. The normalized spacial score (nSPS) is 13.9. The van der Waals surface area contributed by atoms with Crippen molar-refractivity contribution in [3.8, 4) is 0 Å². The van der Waals surface area contributed by atoms with Crippen LogP contribution in [0.3, 0.4) is 0 Å². The Morgan fingerprint density at radius 3 is 2.32 bits per heavy atom. The van der Waals surface area contributed by atoms with Gasteiger partial charge in [-0.15, -0.1) is 0 Å². The maximum atomic E-state index is 13.2. The van der Waals surface area contributed by atoms with E-state index in [1.165, 1.54) is 6.92 Å². The van der Waals surface area contributed by atoms with E-state index in [1.54, 1.807) is 0 Å². The number of benzene rings is 1. The molecule has 1 aromatic carbocycles. The summed E-state index contributed by atoms with van der Waals surface area (Å²) in [4.78, 5) is 0. The number of halogens is 7. The Balaban J connectivity index is 2.79. The van der Waals surface area contributed by atoms with Crippen LogP contribution in [-0.4, -0.2) is 18.9 Å². The van der Waals surface area contributed by atoms with Crippen molar-refractivity contribution in [2.24, 2.45) is 0 Å². The van der Waals surface area contributed by atoms with Crippen LogP contribution in [0.25, 0.3) is 0 Å². The molecule has 0 amide bonds. The molecule has 0 fully saturated rings. The van der Waals surface area contributed by atoms with E-state index in [0.717, 1.165) is 12.1 Å². The van der Waals surface area contributed by atoms with Crippen molar-refractivity contribution >= 4 is 23.2 Å². The smallest absolute Gasteiger partial charge is 0.304 e. The van der Waals surface area contributed by atoms with E-state index in [-0.39, 0.29) is 15.6 Å². The lowest BCUT2D eigenvalue weighted by molar-refractivity contribution is -0.126. The topological polar surface area (TPSA) is 12.0 Å². The average molecular weight is 322 g/mol. The van der Waals surface area contributed by atoms with Crippen molar-refractivity contribution < 1.29 is 22.0 Å². The fourth-order valence-corrected chi connectivity index (χ4v) is 1.89. The minimum Gasteiger partial charge on any atom is -0.304 e. The zero-order chi connectivity index (χ0) is 14.8. The summed E-state index contributed by atoms with van der Waals surface area (Å²) >= 11 is 11.3. The highest BCUT2D eigenvalue weighted by atomic mass is 35.5. The lowest BCUT2D eigenvalue weighted by atomic mass is 10.1. The molecule has 0 radical (unpaired) electrons. The molecule has 0 aliphatic rings. The van der Waals surface area contributed by atoms with Crippen LogP contribution in [0.2, 0.25) is 10.0 Å². The van der Waals surface area contributed by atoms with Gasteiger partial charge in [-0.3, -0.25) is 0 Å². The van der Waals surface area contributed by atoms with Gasteiger partial charge in [0.25, 0.3) is 0 Å². The highest BCUT2D eigenvalue weighted by molar-refractivity contribution is 6.35. The summed E-state index contributed by atoms with van der Waals surface area (Å²) in [7, 11) is 0. The van der Waals surface area contributed by atoms with Crippen molar-refractivity contribution in [2.75, 3.05) is 6.54 Å². The fraction of sp³-hybridized carbons (Fsp3) is 0.455. The summed E-state index contributed by atoms with van der Waals surface area (Å²) in [6.07, 6.45) is -3.77. The Kier molecular flexibility index (Phi) is 5.41. The summed E-state index contributed by atoms with van der Waals surface area (Å²) in [5.74, 6) is -4.93. The molecule has 1 aromatic rings. The zero-order valence-corrected chi connectivity index (χ0v) is 11.2. The standard InChI is InChI=1S/C11H10Cl2F5N/c1-5(19-4-11(17,18)10(15)16)6-2-9(14)8(13)3-7(6)12/h2-3,5,10,19H,4H2,1H3. The molecule has 0 spiro atoms. The summed E-state index contributed by atoms with van der Waals surface area (Å²) in [6, 6.07) is 1.27. The quantitative estimate of drug-likeness (QED) is 0.613. The summed E-state index contributed by atoms with van der Waals surface area (Å²) in [6.45, 7) is 0.155. The van der Waals surface area contributed by atoms with E-state index >= 15 is 0 Å². The van der Waals surface area contributed by atoms with E-state index in [9.17, 15) is 22.0 Å². The van der Waals surface area contributed by atoms with Crippen LogP contribution in [0, 0.1) is 5.82 Å². The minimum absolute atomic E-state index is 0.0618. The Morgan fingerprint density at radius 1 is 1.21 bits per heavy atom. The van der Waals surface area contributed by atoms with Gasteiger partial charge in [-0.05, 0) is 24.6 Å². The van der Waals surface area contributed by atoms with Crippen molar-refractivity contribution in [1.29, 1.82) is 0 Å². The first kappa shape index (κ1) is 16.5. The average Bonchev–Trinajstić information content (AvgIpc) is 2.30. The Bertz CT molecular complexity index is 453. The molecule has 8 heteroatoms. The number of rotatable bonds is 5.